The van der Waals surface area contributed by atoms with E-state index in [2.05, 4.69) is 4.99 Å². The minimum absolute atomic E-state index is 0.237. The third-order valence-electron chi connectivity index (χ3n) is 2.81. The highest BCUT2D eigenvalue weighted by atomic mass is 19.4. The lowest BCUT2D eigenvalue weighted by atomic mass is 9.99. The molecule has 1 aromatic carbocycles. The second-order valence-electron chi connectivity index (χ2n) is 4.93. The molecular weight excluding hydrogens is 267 g/mol. The fourth-order valence-corrected chi connectivity index (χ4v) is 1.94. The number of benzene rings is 1. The smallest absolute Gasteiger partial charge is 0.349 e. The number of aliphatic imine (C=N–C) groups is 1. The highest BCUT2D eigenvalue weighted by molar-refractivity contribution is 5.79. The van der Waals surface area contributed by atoms with Crippen molar-refractivity contribution in [1.82, 2.24) is 9.80 Å². The first kappa shape index (κ1) is 16.3. The Morgan fingerprint density at radius 3 is 1.95 bits per heavy atom. The molecule has 1 aromatic rings. The van der Waals surface area contributed by atoms with E-state index < -0.39 is 12.1 Å². The van der Waals surface area contributed by atoms with E-state index in [4.69, 9.17) is 0 Å². The molecule has 1 rings (SSSR count). The normalized spacial score (nSPS) is 12.8. The summed E-state index contributed by atoms with van der Waals surface area (Å²) < 4.78 is 39.5. The third-order valence-corrected chi connectivity index (χ3v) is 2.81. The van der Waals surface area contributed by atoms with Gasteiger partial charge in [-0.05, 0) is 5.56 Å². The van der Waals surface area contributed by atoms with Crippen LogP contribution in [-0.2, 0) is 0 Å². The van der Waals surface area contributed by atoms with Crippen molar-refractivity contribution in [2.75, 3.05) is 34.7 Å². The zero-order valence-electron chi connectivity index (χ0n) is 12.1. The molecule has 0 unspecified atom stereocenters. The van der Waals surface area contributed by atoms with Crippen LogP contribution in [0.15, 0.2) is 35.3 Å². The number of guanidine groups is 1. The van der Waals surface area contributed by atoms with Crippen LogP contribution >= 0.6 is 0 Å². The van der Waals surface area contributed by atoms with E-state index in [0.29, 0.717) is 5.96 Å². The van der Waals surface area contributed by atoms with Gasteiger partial charge < -0.3 is 9.80 Å². The molecule has 0 amide bonds. The minimum Gasteiger partial charge on any atom is -0.349 e. The van der Waals surface area contributed by atoms with Crippen LogP contribution in [0.5, 0.6) is 0 Å². The van der Waals surface area contributed by atoms with Crippen molar-refractivity contribution in [2.45, 2.75) is 12.1 Å². The maximum atomic E-state index is 13.2. The van der Waals surface area contributed by atoms with E-state index in [1.807, 2.05) is 0 Å². The van der Waals surface area contributed by atoms with Crippen LogP contribution in [0.25, 0.3) is 0 Å². The molecule has 0 N–H and O–H groups in total. The molecule has 3 nitrogen and oxygen atoms in total. The van der Waals surface area contributed by atoms with E-state index in [-0.39, 0.29) is 12.1 Å². The highest BCUT2D eigenvalue weighted by Gasteiger charge is 2.40. The van der Waals surface area contributed by atoms with E-state index in [9.17, 15) is 13.2 Å². The maximum Gasteiger partial charge on any atom is 0.397 e. The van der Waals surface area contributed by atoms with Crippen molar-refractivity contribution in [2.24, 2.45) is 4.99 Å². The molecular formula is C14H20F3N3. The number of rotatable bonds is 3. The lowest BCUT2D eigenvalue weighted by molar-refractivity contribution is -0.148. The van der Waals surface area contributed by atoms with Gasteiger partial charge in [0.05, 0.1) is 12.5 Å². The van der Waals surface area contributed by atoms with Gasteiger partial charge in [0, 0.05) is 28.2 Å². The predicted molar refractivity (Wildman–Crippen MR) is 74.9 cm³/mol. The van der Waals surface area contributed by atoms with E-state index >= 15 is 0 Å². The predicted octanol–water partition coefficient (Wildman–Crippen LogP) is 2.81. The van der Waals surface area contributed by atoms with Gasteiger partial charge in [-0.3, -0.25) is 4.99 Å². The summed E-state index contributed by atoms with van der Waals surface area (Å²) in [6.45, 7) is -0.320. The van der Waals surface area contributed by atoms with Crippen LogP contribution in [0.2, 0.25) is 0 Å². The molecule has 0 fully saturated rings. The van der Waals surface area contributed by atoms with Crippen molar-refractivity contribution in [3.05, 3.63) is 35.9 Å². The number of alkyl halides is 3. The van der Waals surface area contributed by atoms with Crippen molar-refractivity contribution >= 4 is 5.96 Å². The zero-order chi connectivity index (χ0) is 15.3. The molecule has 0 heterocycles. The van der Waals surface area contributed by atoms with Gasteiger partial charge in [0.2, 0.25) is 0 Å². The molecule has 0 aliphatic rings. The van der Waals surface area contributed by atoms with Gasteiger partial charge in [-0.1, -0.05) is 30.3 Å². The largest absolute Gasteiger partial charge is 0.397 e. The summed E-state index contributed by atoms with van der Waals surface area (Å²) in [6, 6.07) is 7.88. The molecule has 0 aromatic heterocycles. The quantitative estimate of drug-likeness (QED) is 0.629. The molecule has 20 heavy (non-hydrogen) atoms. The van der Waals surface area contributed by atoms with Crippen LogP contribution in [0.1, 0.15) is 11.5 Å². The molecule has 0 saturated heterocycles. The van der Waals surface area contributed by atoms with Gasteiger partial charge >= 0.3 is 6.18 Å². The molecule has 0 saturated carbocycles. The van der Waals surface area contributed by atoms with E-state index in [1.165, 1.54) is 12.1 Å². The highest BCUT2D eigenvalue weighted by Crippen LogP contribution is 2.34. The summed E-state index contributed by atoms with van der Waals surface area (Å²) in [5.74, 6) is -1.08. The Morgan fingerprint density at radius 2 is 1.55 bits per heavy atom. The van der Waals surface area contributed by atoms with Gasteiger partial charge in [0.15, 0.2) is 5.96 Å². The SMILES string of the molecule is CN(C)C(=NC[C@@H](c1ccccc1)C(F)(F)F)N(C)C. The number of halogens is 3. The standard InChI is InChI=1S/C14H20F3N3/c1-19(2)13(20(3)4)18-10-12(14(15,16)17)11-8-6-5-7-9-11/h5-9,12H,10H2,1-4H3/t12-/m0/s1. The summed E-state index contributed by atoms with van der Waals surface area (Å²) in [5.41, 5.74) is 0.237. The van der Waals surface area contributed by atoms with Crippen molar-refractivity contribution < 1.29 is 13.2 Å². The van der Waals surface area contributed by atoms with E-state index in [0.717, 1.165) is 0 Å². The summed E-state index contributed by atoms with van der Waals surface area (Å²) in [6.07, 6.45) is -4.31. The molecule has 0 aliphatic carbocycles. The van der Waals surface area contributed by atoms with Crippen molar-refractivity contribution in [3.8, 4) is 0 Å². The molecule has 112 valence electrons. The monoisotopic (exact) mass is 287 g/mol. The number of hydrogen-bond acceptors (Lipinski definition) is 1. The Balaban J connectivity index is 3.01. The van der Waals surface area contributed by atoms with Gasteiger partial charge in [0.1, 0.15) is 0 Å². The second kappa shape index (κ2) is 6.63. The van der Waals surface area contributed by atoms with Gasteiger partial charge in [-0.25, -0.2) is 0 Å². The second-order valence-corrected chi connectivity index (χ2v) is 4.93. The lowest BCUT2D eigenvalue weighted by Gasteiger charge is -2.25. The van der Waals surface area contributed by atoms with Crippen molar-refractivity contribution in [1.29, 1.82) is 0 Å². The summed E-state index contributed by atoms with van der Waals surface area (Å²) in [5, 5.41) is 0. The first-order valence-electron chi connectivity index (χ1n) is 6.24. The number of nitrogens with zero attached hydrogens (tertiary/aromatic N) is 3. The Hall–Kier alpha value is -1.72. The molecule has 0 bridgehead atoms. The topological polar surface area (TPSA) is 18.8 Å². The van der Waals surface area contributed by atoms with Crippen LogP contribution in [0.3, 0.4) is 0 Å². The summed E-state index contributed by atoms with van der Waals surface area (Å²) >= 11 is 0. The van der Waals surface area contributed by atoms with Crippen LogP contribution in [-0.4, -0.2) is 56.7 Å². The average Bonchev–Trinajstić information content (AvgIpc) is 2.33. The van der Waals surface area contributed by atoms with Crippen molar-refractivity contribution in [3.63, 3.8) is 0 Å². The molecule has 0 radical (unpaired) electrons. The van der Waals surface area contributed by atoms with Gasteiger partial charge in [-0.15, -0.1) is 0 Å². The molecule has 0 spiro atoms. The first-order chi connectivity index (χ1) is 9.23. The summed E-state index contributed by atoms with van der Waals surface area (Å²) in [7, 11) is 7.02. The Kier molecular flexibility index (Phi) is 5.42. The Morgan fingerprint density at radius 1 is 1.05 bits per heavy atom. The Bertz CT molecular complexity index is 429. The number of hydrogen-bond donors (Lipinski definition) is 0. The fraction of sp³-hybridized carbons (Fsp3) is 0.500. The molecule has 0 aliphatic heterocycles. The average molecular weight is 287 g/mol. The zero-order valence-corrected chi connectivity index (χ0v) is 12.1. The first-order valence-corrected chi connectivity index (χ1v) is 6.24. The minimum atomic E-state index is -4.31. The maximum absolute atomic E-state index is 13.2. The molecule has 6 heteroatoms. The van der Waals surface area contributed by atoms with Crippen LogP contribution < -0.4 is 0 Å². The lowest BCUT2D eigenvalue weighted by Crippen LogP contribution is -2.36. The van der Waals surface area contributed by atoms with Gasteiger partial charge in [-0.2, -0.15) is 13.2 Å². The van der Waals surface area contributed by atoms with Gasteiger partial charge in [0.25, 0.3) is 0 Å². The third kappa shape index (κ3) is 4.43. The Labute approximate surface area is 117 Å². The van der Waals surface area contributed by atoms with E-state index in [1.54, 1.807) is 56.2 Å². The van der Waals surface area contributed by atoms with Crippen LogP contribution in [0.4, 0.5) is 13.2 Å². The van der Waals surface area contributed by atoms with Crippen LogP contribution in [0, 0.1) is 0 Å². The fourth-order valence-electron chi connectivity index (χ4n) is 1.94. The summed E-state index contributed by atoms with van der Waals surface area (Å²) in [4.78, 5) is 7.50. The molecule has 1 atom stereocenters.